The molecule has 0 radical (unpaired) electrons. The summed E-state index contributed by atoms with van der Waals surface area (Å²) in [5, 5.41) is 22.2. The van der Waals surface area contributed by atoms with Crippen LogP contribution in [0.25, 0.3) is 17.8 Å². The Kier molecular flexibility index (Phi) is 8.64. The van der Waals surface area contributed by atoms with Crippen LogP contribution in [0.1, 0.15) is 61.1 Å². The second-order valence-electron chi connectivity index (χ2n) is 11.7. The summed E-state index contributed by atoms with van der Waals surface area (Å²) < 4.78 is 1.40. The van der Waals surface area contributed by atoms with Crippen molar-refractivity contribution in [1.82, 2.24) is 45.2 Å². The molecule has 0 aliphatic carbocycles. The van der Waals surface area contributed by atoms with E-state index in [1.54, 1.807) is 24.3 Å². The summed E-state index contributed by atoms with van der Waals surface area (Å²) in [4.78, 5) is 52.6. The number of likely N-dealkylation sites (N-methyl/N-ethyl adjacent to an activating group) is 1. The number of carbonyl (C=O) groups is 2. The van der Waals surface area contributed by atoms with Gasteiger partial charge in [0.25, 0.3) is 11.5 Å². The number of H-pyrrole nitrogens is 1. The molecule has 0 bridgehead atoms. The molecule has 1 aliphatic heterocycles. The molecular weight excluding hydrogens is 570 g/mol. The lowest BCUT2D eigenvalue weighted by Gasteiger charge is -2.35. The molecule has 15 heteroatoms. The van der Waals surface area contributed by atoms with E-state index >= 15 is 0 Å². The number of piperidine rings is 1. The molecule has 43 heavy (non-hydrogen) atoms. The highest BCUT2D eigenvalue weighted by Crippen LogP contribution is 2.27. The Balaban J connectivity index is 1.48. The van der Waals surface area contributed by atoms with Gasteiger partial charge in [-0.1, -0.05) is 20.8 Å². The molecule has 0 unspecified atom stereocenters. The highest BCUT2D eigenvalue weighted by Gasteiger charge is 2.26. The molecule has 226 valence electrons. The smallest absolute Gasteiger partial charge is 0.267 e. The Morgan fingerprint density at radius 3 is 2.74 bits per heavy atom. The van der Waals surface area contributed by atoms with Crippen molar-refractivity contribution in [2.45, 2.75) is 45.1 Å². The van der Waals surface area contributed by atoms with E-state index < -0.39 is 0 Å². The van der Waals surface area contributed by atoms with E-state index in [1.165, 1.54) is 21.9 Å². The lowest BCUT2D eigenvalue weighted by molar-refractivity contribution is -0.122. The summed E-state index contributed by atoms with van der Waals surface area (Å²) in [7, 11) is 3.69. The number of nitrogens with one attached hydrogen (secondary N) is 3. The lowest BCUT2D eigenvalue weighted by atomic mass is 9.93. The van der Waals surface area contributed by atoms with Crippen LogP contribution in [0.3, 0.4) is 0 Å². The van der Waals surface area contributed by atoms with Crippen LogP contribution >= 0.6 is 11.3 Å². The summed E-state index contributed by atoms with van der Waals surface area (Å²) in [5.74, 6) is 0.345. The van der Waals surface area contributed by atoms with Crippen molar-refractivity contribution < 1.29 is 9.59 Å². The number of carbonyl (C=O) groups excluding carboxylic acids is 2. The van der Waals surface area contributed by atoms with Crippen LogP contribution in [-0.4, -0.2) is 91.5 Å². The number of hydrogen-bond acceptors (Lipinski definition) is 11. The van der Waals surface area contributed by atoms with Gasteiger partial charge in [-0.05, 0) is 56.4 Å². The predicted molar refractivity (Wildman–Crippen MR) is 165 cm³/mol. The van der Waals surface area contributed by atoms with Crippen LogP contribution < -0.4 is 21.1 Å². The van der Waals surface area contributed by atoms with Gasteiger partial charge in [0.1, 0.15) is 11.5 Å². The largest absolute Gasteiger partial charge is 0.354 e. The lowest BCUT2D eigenvalue weighted by Crippen LogP contribution is -2.50. The molecule has 2 amide bonds. The maximum absolute atomic E-state index is 13.8. The number of nitrogens with zero attached hydrogens (tertiary/aromatic N) is 8. The van der Waals surface area contributed by atoms with Gasteiger partial charge < -0.3 is 15.1 Å². The molecule has 5 rings (SSSR count). The minimum Gasteiger partial charge on any atom is -0.354 e. The van der Waals surface area contributed by atoms with Crippen molar-refractivity contribution in [3.63, 3.8) is 0 Å². The van der Waals surface area contributed by atoms with E-state index in [9.17, 15) is 14.4 Å². The Bertz CT molecular complexity index is 1700. The van der Waals surface area contributed by atoms with Gasteiger partial charge in [-0.15, -0.1) is 21.5 Å². The van der Waals surface area contributed by atoms with Crippen LogP contribution in [-0.2, 0) is 10.2 Å². The number of hydrogen-bond donors (Lipinski definition) is 3. The van der Waals surface area contributed by atoms with Gasteiger partial charge in [-0.25, -0.2) is 9.97 Å². The van der Waals surface area contributed by atoms with E-state index in [1.807, 2.05) is 29.3 Å². The molecule has 4 aromatic rings. The molecule has 14 nitrogen and oxygen atoms in total. The van der Waals surface area contributed by atoms with Crippen molar-refractivity contribution in [1.29, 1.82) is 0 Å². The number of aromatic nitrogens is 7. The molecular formula is C28H35N11O3S. The summed E-state index contributed by atoms with van der Waals surface area (Å²) in [6, 6.07) is 3.06. The first-order valence-corrected chi connectivity index (χ1v) is 14.8. The third-order valence-electron chi connectivity index (χ3n) is 6.91. The second-order valence-corrected chi connectivity index (χ2v) is 12.6. The Morgan fingerprint density at radius 2 is 2.05 bits per heavy atom. The fraction of sp³-hybridized carbons (Fsp3) is 0.429. The van der Waals surface area contributed by atoms with Crippen LogP contribution in [0, 0.1) is 0 Å². The minimum atomic E-state index is -0.351. The van der Waals surface area contributed by atoms with Crippen molar-refractivity contribution in [3.05, 3.63) is 56.7 Å². The molecule has 3 N–H and O–H groups in total. The van der Waals surface area contributed by atoms with Gasteiger partial charge >= 0.3 is 0 Å². The maximum atomic E-state index is 13.8. The van der Waals surface area contributed by atoms with Gasteiger partial charge in [0.05, 0.1) is 17.8 Å². The first-order valence-electron chi connectivity index (χ1n) is 13.9. The third-order valence-corrected chi connectivity index (χ3v) is 7.66. The average Bonchev–Trinajstić information content (AvgIpc) is 3.64. The molecule has 5 heterocycles. The molecule has 0 spiro atoms. The van der Waals surface area contributed by atoms with E-state index in [4.69, 9.17) is 4.98 Å². The second kappa shape index (κ2) is 12.4. The van der Waals surface area contributed by atoms with Crippen molar-refractivity contribution in [3.8, 4) is 0 Å². The van der Waals surface area contributed by atoms with Gasteiger partial charge in [0.15, 0.2) is 11.0 Å². The number of pyridine rings is 1. The quantitative estimate of drug-likeness (QED) is 0.270. The summed E-state index contributed by atoms with van der Waals surface area (Å²) in [5.41, 5.74) is 1.42. The summed E-state index contributed by atoms with van der Waals surface area (Å²) in [6.45, 7) is 7.59. The number of rotatable bonds is 8. The molecule has 4 aromatic heterocycles. The number of thiazole rings is 1. The van der Waals surface area contributed by atoms with Crippen molar-refractivity contribution in [2.75, 3.05) is 43.9 Å². The van der Waals surface area contributed by atoms with Crippen LogP contribution in [0.4, 0.5) is 10.9 Å². The number of anilines is 2. The van der Waals surface area contributed by atoms with Crippen molar-refractivity contribution in [2.24, 2.45) is 0 Å². The highest BCUT2D eigenvalue weighted by molar-refractivity contribution is 7.14. The Hall–Kier alpha value is -4.50. The summed E-state index contributed by atoms with van der Waals surface area (Å²) >= 11 is 1.36. The van der Waals surface area contributed by atoms with E-state index in [-0.39, 0.29) is 35.4 Å². The number of aromatic amines is 1. The zero-order valence-corrected chi connectivity index (χ0v) is 25.6. The molecule has 1 aliphatic rings. The topological polar surface area (TPSA) is 166 Å². The predicted octanol–water partition coefficient (Wildman–Crippen LogP) is 2.03. The van der Waals surface area contributed by atoms with E-state index in [0.29, 0.717) is 46.6 Å². The SMILES string of the molecule is CN(C)CC(=O)N[C@H]1CCCN(c2nc3cc(C(=O)Nc4nc(C(C)(C)C)cs4)ccn3c(=O)c2/C=C/c2nn[nH]n2)C1. The van der Waals surface area contributed by atoms with Crippen molar-refractivity contribution >= 4 is 51.9 Å². The molecule has 0 aromatic carbocycles. The van der Waals surface area contributed by atoms with Gasteiger partial charge in [-0.3, -0.25) is 24.1 Å². The fourth-order valence-corrected chi connectivity index (χ4v) is 5.69. The van der Waals surface area contributed by atoms with Gasteiger partial charge in [0, 0.05) is 41.7 Å². The standard InChI is InChI=1S/C28H35N11O3S/c1-28(2,3)20-16-43-27(30-20)32-25(41)17-10-12-39-22(13-17)31-24(19(26(39)42)8-9-21-33-35-36-34-21)38-11-6-7-18(14-38)29-23(40)15-37(4)5/h8-10,12-13,16,18H,6-7,11,14-15H2,1-5H3,(H,29,40)(H,30,32,41)(H,33,34,35,36)/b9-8+/t18-/m0/s1. The average molecular weight is 606 g/mol. The van der Waals surface area contributed by atoms with E-state index in [2.05, 4.69) is 57.0 Å². The van der Waals surface area contributed by atoms with Crippen LogP contribution in [0.5, 0.6) is 0 Å². The first kappa shape index (κ1) is 30.0. The van der Waals surface area contributed by atoms with Crippen LogP contribution in [0.15, 0.2) is 28.5 Å². The number of amides is 2. The van der Waals surface area contributed by atoms with E-state index in [0.717, 1.165) is 18.5 Å². The van der Waals surface area contributed by atoms with Gasteiger partial charge in [-0.2, -0.15) is 5.21 Å². The Morgan fingerprint density at radius 1 is 1.23 bits per heavy atom. The normalized spacial score (nSPS) is 15.9. The zero-order valence-electron chi connectivity index (χ0n) is 24.8. The molecule has 1 atom stereocenters. The monoisotopic (exact) mass is 605 g/mol. The third kappa shape index (κ3) is 7.11. The number of fused-ring (bicyclic) bond motifs is 1. The highest BCUT2D eigenvalue weighted by atomic mass is 32.1. The molecule has 0 saturated carbocycles. The minimum absolute atomic E-state index is 0.0638. The van der Waals surface area contributed by atoms with Gasteiger partial charge in [0.2, 0.25) is 5.91 Å². The summed E-state index contributed by atoms with van der Waals surface area (Å²) in [6.07, 6.45) is 6.35. The fourth-order valence-electron chi connectivity index (χ4n) is 4.76. The Labute approximate surface area is 252 Å². The van der Waals surface area contributed by atoms with Crippen LogP contribution in [0.2, 0.25) is 0 Å². The molecule has 1 saturated heterocycles. The maximum Gasteiger partial charge on any atom is 0.267 e. The number of tetrazole rings is 1. The molecule has 1 fully saturated rings. The zero-order chi connectivity index (χ0) is 30.7. The first-order chi connectivity index (χ1) is 20.5.